The molecule has 0 bridgehead atoms. The molecule has 2 heterocycles. The van der Waals surface area contributed by atoms with Crippen molar-refractivity contribution in [3.8, 4) is 0 Å². The van der Waals surface area contributed by atoms with Crippen LogP contribution in [-0.4, -0.2) is 18.4 Å². The summed E-state index contributed by atoms with van der Waals surface area (Å²) in [7, 11) is 1.70. The fraction of sp³-hybridized carbons (Fsp3) is 0.280. The average molecular weight is 399 g/mol. The first-order chi connectivity index (χ1) is 14.3. The van der Waals surface area contributed by atoms with E-state index in [1.807, 2.05) is 18.2 Å². The Balaban J connectivity index is 1.88. The second-order valence-electron chi connectivity index (χ2n) is 8.53. The highest BCUT2D eigenvalue weighted by Gasteiger charge is 2.40. The summed E-state index contributed by atoms with van der Waals surface area (Å²) in [5.41, 5.74) is 5.88. The van der Waals surface area contributed by atoms with Gasteiger partial charge in [0.2, 0.25) is 12.0 Å². The Morgan fingerprint density at radius 3 is 2.30 bits per heavy atom. The maximum Gasteiger partial charge on any atom is 0.220 e. The zero-order valence-electron chi connectivity index (χ0n) is 18.0. The molecule has 30 heavy (non-hydrogen) atoms. The minimum absolute atomic E-state index is 0.0814. The third kappa shape index (κ3) is 3.30. The predicted molar refractivity (Wildman–Crippen MR) is 122 cm³/mol. The smallest absolute Gasteiger partial charge is 0.220 e. The van der Waals surface area contributed by atoms with Crippen LogP contribution < -0.4 is 9.80 Å². The highest BCUT2D eigenvalue weighted by Crippen LogP contribution is 2.48. The van der Waals surface area contributed by atoms with E-state index in [1.54, 1.807) is 13.3 Å². The number of benzene rings is 2. The lowest BCUT2D eigenvalue weighted by atomic mass is 9.87. The number of rotatable bonds is 3. The number of anilines is 4. The van der Waals surface area contributed by atoms with Crippen LogP contribution in [0.5, 0.6) is 0 Å². The Kier molecular flexibility index (Phi) is 4.97. The van der Waals surface area contributed by atoms with Crippen molar-refractivity contribution in [2.24, 2.45) is 0 Å². The molecule has 2 aromatic carbocycles. The first-order valence-corrected chi connectivity index (χ1v) is 10.00. The average Bonchev–Trinajstić information content (AvgIpc) is 3.06. The molecule has 3 aromatic rings. The summed E-state index contributed by atoms with van der Waals surface area (Å²) >= 11 is 0. The molecule has 5 heteroatoms. The number of aryl methyl sites for hydroxylation is 1. The van der Waals surface area contributed by atoms with E-state index in [4.69, 9.17) is 11.3 Å². The molecule has 5 nitrogen and oxygen atoms in total. The second kappa shape index (κ2) is 7.47. The fourth-order valence-electron chi connectivity index (χ4n) is 3.86. The lowest BCUT2D eigenvalue weighted by Gasteiger charge is -2.32. The lowest BCUT2D eigenvalue weighted by Crippen LogP contribution is -2.40. The van der Waals surface area contributed by atoms with Gasteiger partial charge < -0.3 is 4.74 Å². The fourth-order valence-corrected chi connectivity index (χ4v) is 3.86. The van der Waals surface area contributed by atoms with Crippen molar-refractivity contribution in [2.45, 2.75) is 39.5 Å². The number of aromatic nitrogens is 1. The lowest BCUT2D eigenvalue weighted by molar-refractivity contribution is 0.118. The van der Waals surface area contributed by atoms with Crippen LogP contribution in [0.4, 0.5) is 28.6 Å². The zero-order chi connectivity index (χ0) is 21.5. The Bertz CT molecular complexity index is 1110. The van der Waals surface area contributed by atoms with Crippen LogP contribution >= 0.6 is 0 Å². The molecule has 1 unspecified atom stereocenters. The van der Waals surface area contributed by atoms with Gasteiger partial charge in [-0.15, -0.1) is 0 Å². The van der Waals surface area contributed by atoms with Gasteiger partial charge in [0, 0.05) is 24.7 Å². The molecule has 4 rings (SSSR count). The molecule has 0 radical (unpaired) electrons. The van der Waals surface area contributed by atoms with E-state index in [-0.39, 0.29) is 5.41 Å². The number of ether oxygens (including phenoxy) is 1. The number of para-hydroxylation sites is 1. The number of nitrogens with zero attached hydrogens (tertiary/aromatic N) is 4. The Morgan fingerprint density at radius 1 is 1.00 bits per heavy atom. The number of hydrogen-bond acceptors (Lipinski definition) is 4. The van der Waals surface area contributed by atoms with Crippen molar-refractivity contribution in [1.29, 1.82) is 0 Å². The first kappa shape index (κ1) is 19.9. The second-order valence-corrected chi connectivity index (χ2v) is 8.53. The zero-order valence-corrected chi connectivity index (χ0v) is 18.0. The molecular weight excluding hydrogens is 372 g/mol. The van der Waals surface area contributed by atoms with E-state index >= 15 is 0 Å². The van der Waals surface area contributed by atoms with Gasteiger partial charge in [-0.1, -0.05) is 51.1 Å². The standard InChI is InChI=1S/C25H26N4O/c1-17-9-7-8-10-21(17)29-22-15-19(26-5)16-27-23(22)28(24(29)30-6)20-13-11-18(12-14-20)25(2,3)4/h7-16,24H,1-4,6H3. The van der Waals surface area contributed by atoms with Crippen LogP contribution in [0.3, 0.4) is 0 Å². The Labute approximate surface area is 178 Å². The molecule has 1 aliphatic rings. The van der Waals surface area contributed by atoms with Crippen LogP contribution in [0.2, 0.25) is 0 Å². The largest absolute Gasteiger partial charge is 0.343 e. The number of fused-ring (bicyclic) bond motifs is 1. The summed E-state index contributed by atoms with van der Waals surface area (Å²) in [6.45, 7) is 16.1. The van der Waals surface area contributed by atoms with E-state index in [9.17, 15) is 0 Å². The summed E-state index contributed by atoms with van der Waals surface area (Å²) in [4.78, 5) is 12.4. The van der Waals surface area contributed by atoms with E-state index < -0.39 is 6.35 Å². The number of pyridine rings is 1. The Morgan fingerprint density at radius 2 is 1.70 bits per heavy atom. The van der Waals surface area contributed by atoms with Crippen LogP contribution in [-0.2, 0) is 10.2 Å². The van der Waals surface area contributed by atoms with E-state index in [0.717, 1.165) is 28.4 Å². The molecule has 1 atom stereocenters. The minimum Gasteiger partial charge on any atom is -0.343 e. The van der Waals surface area contributed by atoms with Crippen LogP contribution in [0.25, 0.3) is 4.85 Å². The molecule has 0 N–H and O–H groups in total. The predicted octanol–water partition coefficient (Wildman–Crippen LogP) is 6.46. The quantitative estimate of drug-likeness (QED) is 0.474. The van der Waals surface area contributed by atoms with Crippen molar-refractivity contribution < 1.29 is 4.74 Å². The molecule has 152 valence electrons. The molecule has 0 saturated heterocycles. The highest BCUT2D eigenvalue weighted by atomic mass is 16.5. The maximum absolute atomic E-state index is 7.43. The normalized spacial score (nSPS) is 15.8. The van der Waals surface area contributed by atoms with Gasteiger partial charge in [-0.3, -0.25) is 9.80 Å². The molecule has 0 fully saturated rings. The van der Waals surface area contributed by atoms with Crippen molar-refractivity contribution in [3.63, 3.8) is 0 Å². The maximum atomic E-state index is 7.43. The van der Waals surface area contributed by atoms with Gasteiger partial charge in [0.05, 0.1) is 12.3 Å². The molecule has 0 saturated carbocycles. The van der Waals surface area contributed by atoms with Gasteiger partial charge in [0.25, 0.3) is 0 Å². The summed E-state index contributed by atoms with van der Waals surface area (Å²) in [5.74, 6) is 0.779. The van der Waals surface area contributed by atoms with Gasteiger partial charge in [-0.05, 0) is 47.7 Å². The van der Waals surface area contributed by atoms with Gasteiger partial charge in [0.1, 0.15) is 0 Å². The topological polar surface area (TPSA) is 33.0 Å². The van der Waals surface area contributed by atoms with Crippen LogP contribution in [0.1, 0.15) is 31.9 Å². The third-order valence-corrected chi connectivity index (χ3v) is 5.49. The van der Waals surface area contributed by atoms with Crippen molar-refractivity contribution in [1.82, 2.24) is 4.98 Å². The minimum atomic E-state index is -0.407. The van der Waals surface area contributed by atoms with Crippen LogP contribution in [0, 0.1) is 13.5 Å². The SMILES string of the molecule is [C-]#[N+]c1cnc2c(c1)N(c1ccccc1C)C(OC)N2c1ccc(C(C)(C)C)cc1. The summed E-state index contributed by atoms with van der Waals surface area (Å²) < 4.78 is 5.99. The van der Waals surface area contributed by atoms with Gasteiger partial charge in [0.15, 0.2) is 5.82 Å². The van der Waals surface area contributed by atoms with Crippen molar-refractivity contribution in [3.05, 3.63) is 83.3 Å². The number of hydrogen-bond donors (Lipinski definition) is 0. The molecule has 0 aliphatic carbocycles. The third-order valence-electron chi connectivity index (χ3n) is 5.49. The summed E-state index contributed by atoms with van der Waals surface area (Å²) in [6, 6.07) is 18.6. The van der Waals surface area contributed by atoms with E-state index in [2.05, 4.69) is 83.7 Å². The van der Waals surface area contributed by atoms with E-state index in [0.29, 0.717) is 5.69 Å². The molecule has 0 amide bonds. The monoisotopic (exact) mass is 398 g/mol. The number of methoxy groups -OCH3 is 1. The van der Waals surface area contributed by atoms with E-state index in [1.165, 1.54) is 5.56 Å². The van der Waals surface area contributed by atoms with Gasteiger partial charge in [-0.2, -0.15) is 0 Å². The first-order valence-electron chi connectivity index (χ1n) is 10.00. The van der Waals surface area contributed by atoms with Crippen LogP contribution in [0.15, 0.2) is 60.8 Å². The van der Waals surface area contributed by atoms with Gasteiger partial charge in [-0.25, -0.2) is 9.83 Å². The Hall–Kier alpha value is -3.36. The van der Waals surface area contributed by atoms with Crippen molar-refractivity contribution in [2.75, 3.05) is 16.9 Å². The highest BCUT2D eigenvalue weighted by molar-refractivity contribution is 5.87. The summed E-state index contributed by atoms with van der Waals surface area (Å²) in [5, 5.41) is 0. The molecule has 1 aromatic heterocycles. The molecular formula is C25H26N4O. The van der Waals surface area contributed by atoms with Crippen molar-refractivity contribution >= 4 is 28.6 Å². The summed E-state index contributed by atoms with van der Waals surface area (Å²) in [6.07, 6.45) is 1.21. The molecule has 0 spiro atoms. The molecule has 1 aliphatic heterocycles. The van der Waals surface area contributed by atoms with Gasteiger partial charge >= 0.3 is 0 Å².